The van der Waals surface area contributed by atoms with Gasteiger partial charge in [-0.25, -0.2) is 4.79 Å². The second kappa shape index (κ2) is 7.17. The predicted octanol–water partition coefficient (Wildman–Crippen LogP) is 3.18. The molecule has 3 rings (SSSR count). The summed E-state index contributed by atoms with van der Waals surface area (Å²) >= 11 is 0. The minimum atomic E-state index is -0.384. The zero-order chi connectivity index (χ0) is 16.9. The van der Waals surface area contributed by atoms with Gasteiger partial charge in [-0.05, 0) is 48.4 Å². The summed E-state index contributed by atoms with van der Waals surface area (Å²) in [6.07, 6.45) is 1.47. The van der Waals surface area contributed by atoms with E-state index in [1.807, 2.05) is 24.3 Å². The van der Waals surface area contributed by atoms with Crippen LogP contribution in [0.15, 0.2) is 48.5 Å². The van der Waals surface area contributed by atoms with Crippen LogP contribution in [-0.2, 0) is 16.1 Å². The molecular weight excluding hydrogens is 306 g/mol. The molecule has 24 heavy (non-hydrogen) atoms. The first kappa shape index (κ1) is 16.1. The van der Waals surface area contributed by atoms with E-state index in [4.69, 9.17) is 9.47 Å². The summed E-state index contributed by atoms with van der Waals surface area (Å²) in [4.78, 5) is 25.6. The summed E-state index contributed by atoms with van der Waals surface area (Å²) in [6.45, 7) is 0.940. The molecule has 5 heteroatoms. The summed E-state index contributed by atoms with van der Waals surface area (Å²) in [7, 11) is 1.61. The Kier molecular flexibility index (Phi) is 4.79. The Hall–Kier alpha value is -2.82. The zero-order valence-corrected chi connectivity index (χ0v) is 13.5. The number of amides is 1. The Balaban J connectivity index is 1.59. The van der Waals surface area contributed by atoms with Gasteiger partial charge in [0.25, 0.3) is 0 Å². The van der Waals surface area contributed by atoms with Crippen molar-refractivity contribution >= 4 is 17.6 Å². The van der Waals surface area contributed by atoms with Gasteiger partial charge in [-0.15, -0.1) is 0 Å². The summed E-state index contributed by atoms with van der Waals surface area (Å²) in [5.41, 5.74) is 2.19. The fraction of sp³-hybridized carbons (Fsp3) is 0.263. The van der Waals surface area contributed by atoms with Crippen molar-refractivity contribution in [3.8, 4) is 5.75 Å². The number of carbonyl (C=O) groups is 2. The molecule has 2 aromatic carbocycles. The first-order valence-corrected chi connectivity index (χ1v) is 7.88. The lowest BCUT2D eigenvalue weighted by molar-refractivity contribution is -0.117. The van der Waals surface area contributed by atoms with Gasteiger partial charge < -0.3 is 14.4 Å². The topological polar surface area (TPSA) is 55.8 Å². The Morgan fingerprint density at radius 3 is 2.38 bits per heavy atom. The molecule has 1 fully saturated rings. The maximum absolute atomic E-state index is 12.1. The summed E-state index contributed by atoms with van der Waals surface area (Å²) in [5.74, 6) is 0.507. The van der Waals surface area contributed by atoms with Crippen LogP contribution in [0.1, 0.15) is 28.8 Å². The number of methoxy groups -OCH3 is 1. The average molecular weight is 325 g/mol. The van der Waals surface area contributed by atoms with Gasteiger partial charge in [-0.1, -0.05) is 12.1 Å². The number of hydrogen-bond donors (Lipinski definition) is 0. The van der Waals surface area contributed by atoms with E-state index in [2.05, 4.69) is 0 Å². The second-order valence-corrected chi connectivity index (χ2v) is 5.62. The molecule has 0 saturated carbocycles. The monoisotopic (exact) mass is 325 g/mol. The molecule has 0 aromatic heterocycles. The molecule has 0 bridgehead atoms. The van der Waals surface area contributed by atoms with Crippen LogP contribution in [0.25, 0.3) is 0 Å². The molecule has 0 spiro atoms. The molecule has 0 N–H and O–H groups in total. The van der Waals surface area contributed by atoms with Crippen LogP contribution in [-0.4, -0.2) is 25.5 Å². The first-order valence-electron chi connectivity index (χ1n) is 7.88. The van der Waals surface area contributed by atoms with Crippen molar-refractivity contribution in [1.29, 1.82) is 0 Å². The van der Waals surface area contributed by atoms with E-state index in [0.717, 1.165) is 30.0 Å². The number of hydrogen-bond acceptors (Lipinski definition) is 4. The van der Waals surface area contributed by atoms with Crippen molar-refractivity contribution in [2.75, 3.05) is 18.6 Å². The van der Waals surface area contributed by atoms with E-state index in [9.17, 15) is 9.59 Å². The molecule has 0 radical (unpaired) electrons. The van der Waals surface area contributed by atoms with Crippen LogP contribution in [0.2, 0.25) is 0 Å². The molecular formula is C19H19NO4. The zero-order valence-electron chi connectivity index (χ0n) is 13.5. The van der Waals surface area contributed by atoms with Crippen LogP contribution in [0.3, 0.4) is 0 Å². The summed E-state index contributed by atoms with van der Waals surface area (Å²) in [6, 6.07) is 14.3. The van der Waals surface area contributed by atoms with E-state index in [0.29, 0.717) is 12.0 Å². The number of ether oxygens (including phenoxy) is 2. The van der Waals surface area contributed by atoms with Crippen LogP contribution in [0, 0.1) is 0 Å². The van der Waals surface area contributed by atoms with E-state index >= 15 is 0 Å². The Bertz CT molecular complexity index is 722. The molecule has 0 atom stereocenters. The van der Waals surface area contributed by atoms with Gasteiger partial charge in [0.15, 0.2) is 0 Å². The fourth-order valence-electron chi connectivity index (χ4n) is 2.65. The van der Waals surface area contributed by atoms with E-state index in [1.54, 1.807) is 36.3 Å². The molecule has 1 aliphatic rings. The van der Waals surface area contributed by atoms with Crippen LogP contribution in [0.5, 0.6) is 5.75 Å². The van der Waals surface area contributed by atoms with Gasteiger partial charge >= 0.3 is 5.97 Å². The van der Waals surface area contributed by atoms with Crippen molar-refractivity contribution in [2.24, 2.45) is 0 Å². The van der Waals surface area contributed by atoms with Gasteiger partial charge in [0.2, 0.25) is 5.91 Å². The van der Waals surface area contributed by atoms with Crippen LogP contribution < -0.4 is 9.64 Å². The maximum atomic E-state index is 12.1. The van der Waals surface area contributed by atoms with E-state index in [-0.39, 0.29) is 18.5 Å². The largest absolute Gasteiger partial charge is 0.497 e. The van der Waals surface area contributed by atoms with Gasteiger partial charge in [0.1, 0.15) is 12.4 Å². The number of esters is 1. The van der Waals surface area contributed by atoms with Crippen molar-refractivity contribution in [3.63, 3.8) is 0 Å². The van der Waals surface area contributed by atoms with Crippen LogP contribution in [0.4, 0.5) is 5.69 Å². The number of nitrogens with zero attached hydrogens (tertiary/aromatic N) is 1. The van der Waals surface area contributed by atoms with E-state index in [1.165, 1.54) is 0 Å². The van der Waals surface area contributed by atoms with Crippen LogP contribution >= 0.6 is 0 Å². The maximum Gasteiger partial charge on any atom is 0.338 e. The third kappa shape index (κ3) is 3.56. The lowest BCUT2D eigenvalue weighted by Crippen LogP contribution is -2.23. The third-order valence-corrected chi connectivity index (χ3v) is 4.02. The molecule has 124 valence electrons. The normalized spacial score (nSPS) is 13.9. The van der Waals surface area contributed by atoms with Crippen molar-refractivity contribution in [3.05, 3.63) is 59.7 Å². The van der Waals surface area contributed by atoms with Crippen molar-refractivity contribution < 1.29 is 19.1 Å². The minimum absolute atomic E-state index is 0.129. The number of carbonyl (C=O) groups excluding carboxylic acids is 2. The van der Waals surface area contributed by atoms with Crippen molar-refractivity contribution in [1.82, 2.24) is 0 Å². The molecule has 0 aliphatic carbocycles. The molecule has 5 nitrogen and oxygen atoms in total. The Labute approximate surface area is 140 Å². The highest BCUT2D eigenvalue weighted by molar-refractivity contribution is 5.96. The highest BCUT2D eigenvalue weighted by Crippen LogP contribution is 2.22. The number of benzene rings is 2. The second-order valence-electron chi connectivity index (χ2n) is 5.62. The minimum Gasteiger partial charge on any atom is -0.497 e. The molecule has 1 aliphatic heterocycles. The smallest absolute Gasteiger partial charge is 0.338 e. The third-order valence-electron chi connectivity index (χ3n) is 4.02. The lowest BCUT2D eigenvalue weighted by Gasteiger charge is -2.15. The highest BCUT2D eigenvalue weighted by Gasteiger charge is 2.21. The predicted molar refractivity (Wildman–Crippen MR) is 90.1 cm³/mol. The Morgan fingerprint density at radius 1 is 1.08 bits per heavy atom. The fourth-order valence-corrected chi connectivity index (χ4v) is 2.65. The lowest BCUT2D eigenvalue weighted by atomic mass is 10.2. The molecule has 1 heterocycles. The molecule has 0 unspecified atom stereocenters. The summed E-state index contributed by atoms with van der Waals surface area (Å²) in [5, 5.41) is 0. The number of rotatable bonds is 5. The average Bonchev–Trinajstić information content (AvgIpc) is 3.06. The molecule has 1 amide bonds. The molecule has 2 aromatic rings. The molecule has 1 saturated heterocycles. The quantitative estimate of drug-likeness (QED) is 0.792. The Morgan fingerprint density at radius 2 is 1.79 bits per heavy atom. The van der Waals surface area contributed by atoms with Gasteiger partial charge in [0.05, 0.1) is 12.7 Å². The van der Waals surface area contributed by atoms with E-state index < -0.39 is 0 Å². The highest BCUT2D eigenvalue weighted by atomic mass is 16.5. The van der Waals surface area contributed by atoms with Gasteiger partial charge in [-0.2, -0.15) is 0 Å². The first-order chi connectivity index (χ1) is 11.7. The van der Waals surface area contributed by atoms with Crippen molar-refractivity contribution in [2.45, 2.75) is 19.4 Å². The SMILES string of the molecule is COc1ccc(COC(=O)c2ccc(N3CCCC3=O)cc2)cc1. The van der Waals surface area contributed by atoms with Gasteiger partial charge in [-0.3, -0.25) is 4.79 Å². The van der Waals surface area contributed by atoms with Gasteiger partial charge in [0, 0.05) is 18.7 Å². The standard InChI is InChI=1S/C19H19NO4/c1-23-17-10-4-14(5-11-17)13-24-19(22)15-6-8-16(9-7-15)20-12-2-3-18(20)21/h4-11H,2-3,12-13H2,1H3. The summed E-state index contributed by atoms with van der Waals surface area (Å²) < 4.78 is 10.4. The number of anilines is 1.